The van der Waals surface area contributed by atoms with Gasteiger partial charge in [-0.05, 0) is 18.6 Å². The summed E-state index contributed by atoms with van der Waals surface area (Å²) in [5.74, 6) is 0.000278. The molecular formula is C9H9O2. The zero-order valence-electron chi connectivity index (χ0n) is 6.33. The molecule has 0 aliphatic rings. The van der Waals surface area contributed by atoms with Crippen molar-refractivity contribution in [3.05, 3.63) is 35.4 Å². The maximum atomic E-state index is 10.8. The van der Waals surface area contributed by atoms with Gasteiger partial charge in [-0.25, -0.2) is 5.11 Å². The number of hydrogen-bond donors (Lipinski definition) is 0. The first-order valence-corrected chi connectivity index (χ1v) is 3.42. The molecule has 2 heteroatoms. The molecule has 57 valence electrons. The predicted octanol–water partition coefficient (Wildman–Crippen LogP) is 1.82. The number of ketones is 1. The minimum atomic E-state index is -0.263. The summed E-state index contributed by atoms with van der Waals surface area (Å²) >= 11 is 0. The van der Waals surface area contributed by atoms with E-state index in [0.29, 0.717) is 11.1 Å². The highest BCUT2D eigenvalue weighted by Gasteiger charge is 1.98. The van der Waals surface area contributed by atoms with E-state index in [0.717, 1.165) is 0 Å². The number of carbonyl (C=O) groups is 1. The Kier molecular flexibility index (Phi) is 2.39. The van der Waals surface area contributed by atoms with Gasteiger partial charge in [-0.3, -0.25) is 4.79 Å². The van der Waals surface area contributed by atoms with Crippen molar-refractivity contribution in [2.45, 2.75) is 13.5 Å². The van der Waals surface area contributed by atoms with Crippen molar-refractivity contribution in [3.8, 4) is 0 Å². The molecule has 0 heterocycles. The average Bonchev–Trinajstić information content (AvgIpc) is 2.05. The maximum Gasteiger partial charge on any atom is 0.159 e. The van der Waals surface area contributed by atoms with E-state index >= 15 is 0 Å². The van der Waals surface area contributed by atoms with Crippen molar-refractivity contribution in [3.63, 3.8) is 0 Å². The van der Waals surface area contributed by atoms with Gasteiger partial charge in [0, 0.05) is 5.56 Å². The molecule has 0 fully saturated rings. The molecule has 0 aliphatic heterocycles. The first kappa shape index (κ1) is 7.95. The molecular weight excluding hydrogens is 140 g/mol. The van der Waals surface area contributed by atoms with Gasteiger partial charge in [0.15, 0.2) is 5.78 Å². The topological polar surface area (TPSA) is 37.0 Å². The number of hydrogen-bond acceptors (Lipinski definition) is 1. The van der Waals surface area contributed by atoms with Crippen molar-refractivity contribution in [2.75, 3.05) is 0 Å². The summed E-state index contributed by atoms with van der Waals surface area (Å²) in [6, 6.07) is 6.79. The van der Waals surface area contributed by atoms with Crippen LogP contribution in [0.1, 0.15) is 22.8 Å². The lowest BCUT2D eigenvalue weighted by molar-refractivity contribution is 0.101. The Morgan fingerprint density at radius 1 is 1.45 bits per heavy atom. The SMILES string of the molecule is CC(=O)c1cccc(C[O])c1. The molecule has 0 saturated carbocycles. The number of carbonyl (C=O) groups excluding carboxylic acids is 1. The summed E-state index contributed by atoms with van der Waals surface area (Å²) in [6.07, 6.45) is 0. The summed E-state index contributed by atoms with van der Waals surface area (Å²) in [7, 11) is 0. The van der Waals surface area contributed by atoms with Gasteiger partial charge in [0.25, 0.3) is 0 Å². The molecule has 11 heavy (non-hydrogen) atoms. The van der Waals surface area contributed by atoms with Crippen molar-refractivity contribution >= 4 is 5.78 Å². The van der Waals surface area contributed by atoms with Crippen LogP contribution in [0.4, 0.5) is 0 Å². The van der Waals surface area contributed by atoms with Crippen LogP contribution >= 0.6 is 0 Å². The Balaban J connectivity index is 3.01. The first-order chi connectivity index (χ1) is 5.24. The van der Waals surface area contributed by atoms with Gasteiger partial charge in [-0.1, -0.05) is 18.2 Å². The fraction of sp³-hybridized carbons (Fsp3) is 0.222. The quantitative estimate of drug-likeness (QED) is 0.591. The van der Waals surface area contributed by atoms with Gasteiger partial charge in [0.1, 0.15) is 6.61 Å². The molecule has 0 atom stereocenters. The fourth-order valence-electron chi connectivity index (χ4n) is 0.880. The van der Waals surface area contributed by atoms with Crippen LogP contribution in [-0.2, 0) is 11.7 Å². The van der Waals surface area contributed by atoms with Gasteiger partial charge in [-0.2, -0.15) is 0 Å². The third-order valence-electron chi connectivity index (χ3n) is 1.50. The number of benzene rings is 1. The fourth-order valence-corrected chi connectivity index (χ4v) is 0.880. The summed E-state index contributed by atoms with van der Waals surface area (Å²) in [5.41, 5.74) is 1.27. The van der Waals surface area contributed by atoms with Crippen LogP contribution in [0.25, 0.3) is 0 Å². The third-order valence-corrected chi connectivity index (χ3v) is 1.50. The number of Topliss-reactive ketones (excluding diaryl/α,β-unsaturated/α-hetero) is 1. The van der Waals surface area contributed by atoms with E-state index in [2.05, 4.69) is 0 Å². The van der Waals surface area contributed by atoms with E-state index in [1.165, 1.54) is 6.92 Å². The molecule has 1 radical (unpaired) electrons. The molecule has 1 aromatic rings. The molecule has 0 aromatic heterocycles. The molecule has 0 N–H and O–H groups in total. The van der Waals surface area contributed by atoms with Crippen LogP contribution in [0.3, 0.4) is 0 Å². The van der Waals surface area contributed by atoms with E-state index in [4.69, 9.17) is 0 Å². The number of rotatable bonds is 2. The maximum absolute atomic E-state index is 10.8. The van der Waals surface area contributed by atoms with Crippen molar-refractivity contribution in [1.29, 1.82) is 0 Å². The lowest BCUT2D eigenvalue weighted by Crippen LogP contribution is -1.92. The highest BCUT2D eigenvalue weighted by molar-refractivity contribution is 5.94. The molecule has 1 aromatic carbocycles. The molecule has 0 bridgehead atoms. The Hall–Kier alpha value is -1.15. The Morgan fingerprint density at radius 3 is 2.73 bits per heavy atom. The molecule has 0 saturated heterocycles. The van der Waals surface area contributed by atoms with Crippen LogP contribution in [0.15, 0.2) is 24.3 Å². The van der Waals surface area contributed by atoms with Gasteiger partial charge < -0.3 is 0 Å². The van der Waals surface area contributed by atoms with E-state index in [1.54, 1.807) is 24.3 Å². The summed E-state index contributed by atoms with van der Waals surface area (Å²) in [4.78, 5) is 10.8. The normalized spacial score (nSPS) is 9.64. The standard InChI is InChI=1S/C9H9O2/c1-7(11)9-4-2-3-8(5-9)6-10/h2-5H,6H2,1H3. The zero-order valence-corrected chi connectivity index (χ0v) is 6.33. The van der Waals surface area contributed by atoms with Gasteiger partial charge in [0.2, 0.25) is 0 Å². The highest BCUT2D eigenvalue weighted by Crippen LogP contribution is 2.05. The van der Waals surface area contributed by atoms with Crippen LogP contribution in [0, 0.1) is 0 Å². The summed E-state index contributed by atoms with van der Waals surface area (Å²) in [6.45, 7) is 1.23. The minimum Gasteiger partial charge on any atom is -0.295 e. The summed E-state index contributed by atoms with van der Waals surface area (Å²) in [5, 5.41) is 10.4. The molecule has 0 aliphatic carbocycles. The van der Waals surface area contributed by atoms with Crippen molar-refractivity contribution in [2.24, 2.45) is 0 Å². The lowest BCUT2D eigenvalue weighted by atomic mass is 10.1. The van der Waals surface area contributed by atoms with E-state index < -0.39 is 0 Å². The second-order valence-electron chi connectivity index (χ2n) is 2.40. The van der Waals surface area contributed by atoms with E-state index in [9.17, 15) is 9.90 Å². The monoisotopic (exact) mass is 149 g/mol. The van der Waals surface area contributed by atoms with E-state index in [-0.39, 0.29) is 12.4 Å². The van der Waals surface area contributed by atoms with Crippen LogP contribution < -0.4 is 0 Å². The average molecular weight is 149 g/mol. The molecule has 1 rings (SSSR count). The third kappa shape index (κ3) is 1.88. The lowest BCUT2D eigenvalue weighted by Gasteiger charge is -1.96. The van der Waals surface area contributed by atoms with E-state index in [1.807, 2.05) is 0 Å². The summed E-state index contributed by atoms with van der Waals surface area (Å²) < 4.78 is 0. The Bertz CT molecular complexity index is 266. The highest BCUT2D eigenvalue weighted by atomic mass is 16.3. The first-order valence-electron chi connectivity index (χ1n) is 3.42. The van der Waals surface area contributed by atoms with Crippen LogP contribution in [0.5, 0.6) is 0 Å². The predicted molar refractivity (Wildman–Crippen MR) is 40.8 cm³/mol. The van der Waals surface area contributed by atoms with Crippen molar-refractivity contribution in [1.82, 2.24) is 0 Å². The molecule has 0 unspecified atom stereocenters. The zero-order chi connectivity index (χ0) is 8.27. The second kappa shape index (κ2) is 3.30. The smallest absolute Gasteiger partial charge is 0.159 e. The molecule has 2 nitrogen and oxygen atoms in total. The second-order valence-corrected chi connectivity index (χ2v) is 2.40. The largest absolute Gasteiger partial charge is 0.295 e. The van der Waals surface area contributed by atoms with Gasteiger partial charge >= 0.3 is 0 Å². The van der Waals surface area contributed by atoms with Gasteiger partial charge in [0.05, 0.1) is 0 Å². The van der Waals surface area contributed by atoms with Gasteiger partial charge in [-0.15, -0.1) is 0 Å². The molecule has 0 spiro atoms. The van der Waals surface area contributed by atoms with Crippen LogP contribution in [0.2, 0.25) is 0 Å². The molecule has 0 amide bonds. The Labute approximate surface area is 65.5 Å². The minimum absolute atomic E-state index is 0.000278. The Morgan fingerprint density at radius 2 is 2.18 bits per heavy atom. The van der Waals surface area contributed by atoms with Crippen molar-refractivity contribution < 1.29 is 9.90 Å². The van der Waals surface area contributed by atoms with Crippen LogP contribution in [-0.4, -0.2) is 5.78 Å².